The van der Waals surface area contributed by atoms with Crippen LogP contribution in [0.4, 0.5) is 0 Å². The Morgan fingerprint density at radius 2 is 1.95 bits per heavy atom. The fourth-order valence-electron chi connectivity index (χ4n) is 2.49. The Bertz CT molecular complexity index is 477. The average Bonchev–Trinajstić information content (AvgIpc) is 2.77. The van der Waals surface area contributed by atoms with Crippen molar-refractivity contribution in [3.05, 3.63) is 29.8 Å². The Kier molecular flexibility index (Phi) is 4.88. The second-order valence-corrected chi connectivity index (χ2v) is 6.78. The van der Waals surface area contributed by atoms with E-state index in [0.717, 1.165) is 30.9 Å². The molecule has 1 aliphatic rings. The van der Waals surface area contributed by atoms with Gasteiger partial charge in [0.2, 0.25) is 5.91 Å². The lowest BCUT2D eigenvalue weighted by atomic mass is 9.95. The van der Waals surface area contributed by atoms with Crippen LogP contribution < -0.4 is 10.1 Å². The molecule has 2 rings (SSSR count). The van der Waals surface area contributed by atoms with Crippen molar-refractivity contribution in [3.8, 4) is 5.75 Å². The van der Waals surface area contributed by atoms with Gasteiger partial charge in [0.15, 0.2) is 0 Å². The molecular weight excluding hydrogens is 264 g/mol. The van der Waals surface area contributed by atoms with E-state index in [1.165, 1.54) is 0 Å². The van der Waals surface area contributed by atoms with E-state index in [0.29, 0.717) is 6.54 Å². The lowest BCUT2D eigenvalue weighted by Crippen LogP contribution is -2.37. The molecule has 0 aliphatic carbocycles. The van der Waals surface area contributed by atoms with Gasteiger partial charge in [-0.2, -0.15) is 0 Å². The normalized spacial score (nSPS) is 19.1. The monoisotopic (exact) mass is 290 g/mol. The summed E-state index contributed by atoms with van der Waals surface area (Å²) in [5, 5.41) is 3.29. The van der Waals surface area contributed by atoms with E-state index in [9.17, 15) is 4.79 Å². The summed E-state index contributed by atoms with van der Waals surface area (Å²) < 4.78 is 5.60. The Labute approximate surface area is 127 Å². The van der Waals surface area contributed by atoms with Gasteiger partial charge in [-0.3, -0.25) is 10.1 Å². The van der Waals surface area contributed by atoms with Crippen LogP contribution >= 0.6 is 0 Å². The van der Waals surface area contributed by atoms with E-state index in [2.05, 4.69) is 33.0 Å². The highest BCUT2D eigenvalue weighted by Crippen LogP contribution is 2.28. The lowest BCUT2D eigenvalue weighted by molar-refractivity contribution is -0.129. The first kappa shape index (κ1) is 15.8. The van der Waals surface area contributed by atoms with E-state index < -0.39 is 0 Å². The van der Waals surface area contributed by atoms with Gasteiger partial charge in [0, 0.05) is 6.54 Å². The number of benzene rings is 1. The van der Waals surface area contributed by atoms with Crippen molar-refractivity contribution in [3.63, 3.8) is 0 Å². The van der Waals surface area contributed by atoms with Gasteiger partial charge in [0.1, 0.15) is 11.9 Å². The maximum atomic E-state index is 12.1. The largest absolute Gasteiger partial charge is 0.494 e. The zero-order chi connectivity index (χ0) is 15.5. The van der Waals surface area contributed by atoms with Gasteiger partial charge >= 0.3 is 0 Å². The Morgan fingerprint density at radius 1 is 1.29 bits per heavy atom. The maximum absolute atomic E-state index is 12.1. The van der Waals surface area contributed by atoms with Crippen molar-refractivity contribution in [1.82, 2.24) is 10.2 Å². The first-order valence-corrected chi connectivity index (χ1v) is 7.66. The zero-order valence-corrected chi connectivity index (χ0v) is 13.5. The number of ether oxygens (including phenoxy) is 1. The predicted molar refractivity (Wildman–Crippen MR) is 84.1 cm³/mol. The Morgan fingerprint density at radius 3 is 2.52 bits per heavy atom. The minimum atomic E-state index is -0.0306. The third-order valence-electron chi connectivity index (χ3n) is 3.39. The Hall–Kier alpha value is -1.55. The highest BCUT2D eigenvalue weighted by atomic mass is 16.5. The summed E-state index contributed by atoms with van der Waals surface area (Å²) in [5.41, 5.74) is 1.19. The molecule has 116 valence electrons. The number of carbonyl (C=O) groups is 1. The van der Waals surface area contributed by atoms with Crippen LogP contribution in [0.2, 0.25) is 0 Å². The van der Waals surface area contributed by atoms with Crippen molar-refractivity contribution in [2.24, 2.45) is 5.41 Å². The summed E-state index contributed by atoms with van der Waals surface area (Å²) in [6.45, 7) is 10.4. The van der Waals surface area contributed by atoms with Gasteiger partial charge in [-0.1, -0.05) is 39.8 Å². The summed E-state index contributed by atoms with van der Waals surface area (Å²) in [6, 6.07) is 8.03. The fraction of sp³-hybridized carbons (Fsp3) is 0.588. The van der Waals surface area contributed by atoms with Crippen molar-refractivity contribution < 1.29 is 9.53 Å². The van der Waals surface area contributed by atoms with E-state index in [4.69, 9.17) is 4.74 Å². The summed E-state index contributed by atoms with van der Waals surface area (Å²) in [6.07, 6.45) is 0.969. The molecule has 0 aromatic heterocycles. The topological polar surface area (TPSA) is 41.6 Å². The van der Waals surface area contributed by atoms with Gasteiger partial charge in [-0.25, -0.2) is 0 Å². The summed E-state index contributed by atoms with van der Waals surface area (Å²) >= 11 is 0. The highest BCUT2D eigenvalue weighted by Gasteiger charge is 2.33. The molecule has 0 bridgehead atoms. The first-order chi connectivity index (χ1) is 9.90. The number of hydrogen-bond donors (Lipinski definition) is 1. The number of carbonyl (C=O) groups excluding carboxylic acids is 1. The molecule has 4 nitrogen and oxygen atoms in total. The van der Waals surface area contributed by atoms with Crippen molar-refractivity contribution in [1.29, 1.82) is 0 Å². The molecule has 0 radical (unpaired) electrons. The quantitative estimate of drug-likeness (QED) is 0.906. The first-order valence-electron chi connectivity index (χ1n) is 7.66. The van der Waals surface area contributed by atoms with Crippen LogP contribution in [0.5, 0.6) is 5.75 Å². The second kappa shape index (κ2) is 6.48. The number of hydrogen-bond acceptors (Lipinski definition) is 3. The van der Waals surface area contributed by atoms with Crippen molar-refractivity contribution in [2.75, 3.05) is 19.7 Å². The molecule has 1 N–H and O–H groups in total. The van der Waals surface area contributed by atoms with Crippen LogP contribution in [0.1, 0.15) is 45.8 Å². The Balaban J connectivity index is 2.10. The fourth-order valence-corrected chi connectivity index (χ4v) is 2.49. The molecule has 0 spiro atoms. The molecule has 1 atom stereocenters. The SMILES string of the molecule is CCCOc1ccc(C2NCC(=O)N2CC(C)(C)C)cc1. The molecule has 1 saturated heterocycles. The lowest BCUT2D eigenvalue weighted by Gasteiger charge is -2.31. The molecule has 1 aromatic rings. The highest BCUT2D eigenvalue weighted by molar-refractivity contribution is 5.81. The smallest absolute Gasteiger partial charge is 0.238 e. The van der Waals surface area contributed by atoms with Crippen LogP contribution in [0.3, 0.4) is 0 Å². The summed E-state index contributed by atoms with van der Waals surface area (Å²) in [5.74, 6) is 1.05. The third-order valence-corrected chi connectivity index (χ3v) is 3.39. The van der Waals surface area contributed by atoms with E-state index >= 15 is 0 Å². The number of rotatable bonds is 5. The molecule has 1 amide bonds. The molecule has 1 fully saturated rings. The van der Waals surface area contributed by atoms with Gasteiger partial charge in [-0.05, 0) is 29.5 Å². The number of nitrogens with one attached hydrogen (secondary N) is 1. The summed E-state index contributed by atoms with van der Waals surface area (Å²) in [7, 11) is 0. The molecule has 1 aliphatic heterocycles. The van der Waals surface area contributed by atoms with Crippen LogP contribution in [-0.2, 0) is 4.79 Å². The molecule has 21 heavy (non-hydrogen) atoms. The minimum Gasteiger partial charge on any atom is -0.494 e. The van der Waals surface area contributed by atoms with Crippen LogP contribution in [0.15, 0.2) is 24.3 Å². The van der Waals surface area contributed by atoms with Gasteiger partial charge < -0.3 is 9.64 Å². The van der Waals surface area contributed by atoms with Crippen molar-refractivity contribution >= 4 is 5.91 Å². The third kappa shape index (κ3) is 4.21. The predicted octanol–water partition coefficient (Wildman–Crippen LogP) is 2.95. The van der Waals surface area contributed by atoms with Gasteiger partial charge in [-0.15, -0.1) is 0 Å². The molecule has 1 heterocycles. The van der Waals surface area contributed by atoms with Gasteiger partial charge in [0.25, 0.3) is 0 Å². The molecule has 0 saturated carbocycles. The van der Waals surface area contributed by atoms with E-state index in [1.54, 1.807) is 0 Å². The average molecular weight is 290 g/mol. The van der Waals surface area contributed by atoms with Crippen LogP contribution in [0.25, 0.3) is 0 Å². The molecule has 1 aromatic carbocycles. The van der Waals surface area contributed by atoms with Crippen molar-refractivity contribution in [2.45, 2.75) is 40.3 Å². The van der Waals surface area contributed by atoms with E-state index in [1.807, 2.05) is 29.2 Å². The zero-order valence-electron chi connectivity index (χ0n) is 13.5. The van der Waals surface area contributed by atoms with Gasteiger partial charge in [0.05, 0.1) is 13.2 Å². The minimum absolute atomic E-state index is 0.0306. The second-order valence-electron chi connectivity index (χ2n) is 6.78. The number of amides is 1. The van der Waals surface area contributed by atoms with E-state index in [-0.39, 0.29) is 17.5 Å². The number of nitrogens with zero attached hydrogens (tertiary/aromatic N) is 1. The molecule has 4 heteroatoms. The standard InChI is InChI=1S/C17H26N2O2/c1-5-10-21-14-8-6-13(7-9-14)16-18-11-15(20)19(16)12-17(2,3)4/h6-9,16,18H,5,10-12H2,1-4H3. The van der Waals surface area contributed by atoms with Crippen LogP contribution in [0, 0.1) is 5.41 Å². The maximum Gasteiger partial charge on any atom is 0.238 e. The summed E-state index contributed by atoms with van der Waals surface area (Å²) in [4.78, 5) is 14.0. The molecular formula is C17H26N2O2. The molecule has 1 unspecified atom stereocenters. The van der Waals surface area contributed by atoms with Crippen LogP contribution in [-0.4, -0.2) is 30.5 Å².